The van der Waals surface area contributed by atoms with Crippen molar-refractivity contribution >= 4 is 23.4 Å². The van der Waals surface area contributed by atoms with Gasteiger partial charge in [-0.1, -0.05) is 65.8 Å². The molecule has 1 heterocycles. The van der Waals surface area contributed by atoms with Gasteiger partial charge in [0.25, 0.3) is 0 Å². The van der Waals surface area contributed by atoms with Crippen LogP contribution in [-0.4, -0.2) is 14.8 Å². The van der Waals surface area contributed by atoms with E-state index in [1.807, 2.05) is 37.3 Å². The molecule has 112 valence electrons. The number of thioether (sulfide) groups is 1. The molecule has 0 spiro atoms. The van der Waals surface area contributed by atoms with Gasteiger partial charge in [-0.3, -0.25) is 0 Å². The number of hydrogen-bond donors (Lipinski definition) is 0. The molecular formula is C17H16ClN3S. The second-order valence-electron chi connectivity index (χ2n) is 5.02. The molecule has 0 radical (unpaired) electrons. The van der Waals surface area contributed by atoms with Crippen LogP contribution < -0.4 is 0 Å². The lowest BCUT2D eigenvalue weighted by Gasteiger charge is -2.08. The molecule has 0 saturated heterocycles. The molecule has 0 amide bonds. The first kappa shape index (κ1) is 15.1. The first-order chi connectivity index (χ1) is 10.7. The predicted octanol–water partition coefficient (Wildman–Crippen LogP) is 4.58. The lowest BCUT2D eigenvalue weighted by molar-refractivity contribution is 0.688. The van der Waals surface area contributed by atoms with Gasteiger partial charge in [-0.05, 0) is 30.2 Å². The Morgan fingerprint density at radius 3 is 2.41 bits per heavy atom. The third-order valence-corrected chi connectivity index (χ3v) is 4.66. The van der Waals surface area contributed by atoms with Gasteiger partial charge in [-0.15, -0.1) is 10.2 Å². The van der Waals surface area contributed by atoms with Gasteiger partial charge < -0.3 is 4.57 Å². The van der Waals surface area contributed by atoms with Crippen molar-refractivity contribution in [2.75, 3.05) is 0 Å². The van der Waals surface area contributed by atoms with Gasteiger partial charge in [0.2, 0.25) is 0 Å². The van der Waals surface area contributed by atoms with Crippen molar-refractivity contribution in [2.45, 2.75) is 24.4 Å². The molecule has 22 heavy (non-hydrogen) atoms. The summed E-state index contributed by atoms with van der Waals surface area (Å²) >= 11 is 7.61. The molecule has 0 aliphatic heterocycles. The summed E-state index contributed by atoms with van der Waals surface area (Å²) in [7, 11) is 0. The van der Waals surface area contributed by atoms with Gasteiger partial charge in [0.1, 0.15) is 5.82 Å². The van der Waals surface area contributed by atoms with E-state index in [1.54, 1.807) is 11.8 Å². The SMILES string of the molecule is Cc1nnc(SCc2ccc(Cl)cc2)n1Cc1ccccc1. The number of hydrogen-bond acceptors (Lipinski definition) is 3. The highest BCUT2D eigenvalue weighted by molar-refractivity contribution is 7.98. The molecule has 0 atom stereocenters. The normalized spacial score (nSPS) is 10.8. The Labute approximate surface area is 139 Å². The maximum Gasteiger partial charge on any atom is 0.191 e. The van der Waals surface area contributed by atoms with Crippen LogP contribution in [0.25, 0.3) is 0 Å². The molecule has 3 aromatic rings. The van der Waals surface area contributed by atoms with Crippen molar-refractivity contribution in [1.29, 1.82) is 0 Å². The van der Waals surface area contributed by atoms with Crippen LogP contribution in [0, 0.1) is 6.92 Å². The lowest BCUT2D eigenvalue weighted by Crippen LogP contribution is -2.03. The van der Waals surface area contributed by atoms with Crippen molar-refractivity contribution in [3.8, 4) is 0 Å². The quantitative estimate of drug-likeness (QED) is 0.642. The first-order valence-electron chi connectivity index (χ1n) is 7.03. The highest BCUT2D eigenvalue weighted by Crippen LogP contribution is 2.23. The van der Waals surface area contributed by atoms with Crippen LogP contribution >= 0.6 is 23.4 Å². The maximum absolute atomic E-state index is 5.91. The van der Waals surface area contributed by atoms with Crippen LogP contribution in [0.15, 0.2) is 59.8 Å². The molecule has 0 N–H and O–H groups in total. The van der Waals surface area contributed by atoms with E-state index in [1.165, 1.54) is 11.1 Å². The molecule has 0 aliphatic rings. The van der Waals surface area contributed by atoms with E-state index in [9.17, 15) is 0 Å². The zero-order valence-electron chi connectivity index (χ0n) is 12.2. The molecule has 0 saturated carbocycles. The van der Waals surface area contributed by atoms with Gasteiger partial charge in [0.05, 0.1) is 6.54 Å². The van der Waals surface area contributed by atoms with Gasteiger partial charge in [0, 0.05) is 10.8 Å². The van der Waals surface area contributed by atoms with E-state index in [0.29, 0.717) is 0 Å². The molecule has 1 aromatic heterocycles. The largest absolute Gasteiger partial charge is 0.302 e. The fraction of sp³-hybridized carbons (Fsp3) is 0.176. The number of benzene rings is 2. The second-order valence-corrected chi connectivity index (χ2v) is 6.40. The van der Waals surface area contributed by atoms with E-state index in [0.717, 1.165) is 28.3 Å². The lowest BCUT2D eigenvalue weighted by atomic mass is 10.2. The van der Waals surface area contributed by atoms with Crippen LogP contribution in [0.2, 0.25) is 5.02 Å². The van der Waals surface area contributed by atoms with E-state index < -0.39 is 0 Å². The molecule has 3 rings (SSSR count). The monoisotopic (exact) mass is 329 g/mol. The molecule has 0 unspecified atom stereocenters. The van der Waals surface area contributed by atoms with Crippen molar-refractivity contribution in [2.24, 2.45) is 0 Å². The number of rotatable bonds is 5. The van der Waals surface area contributed by atoms with E-state index in [4.69, 9.17) is 11.6 Å². The summed E-state index contributed by atoms with van der Waals surface area (Å²) in [5.74, 6) is 1.78. The second kappa shape index (κ2) is 6.99. The molecule has 0 aliphatic carbocycles. The summed E-state index contributed by atoms with van der Waals surface area (Å²) in [6, 6.07) is 18.3. The summed E-state index contributed by atoms with van der Waals surface area (Å²) in [5, 5.41) is 10.2. The van der Waals surface area contributed by atoms with Crippen molar-refractivity contribution in [3.63, 3.8) is 0 Å². The smallest absolute Gasteiger partial charge is 0.191 e. The van der Waals surface area contributed by atoms with Crippen LogP contribution in [0.3, 0.4) is 0 Å². The summed E-state index contributed by atoms with van der Waals surface area (Å²) in [6.07, 6.45) is 0. The Bertz CT molecular complexity index is 738. The highest BCUT2D eigenvalue weighted by Gasteiger charge is 2.10. The minimum atomic E-state index is 0.761. The average Bonchev–Trinajstić information content (AvgIpc) is 2.88. The van der Waals surface area contributed by atoms with Crippen LogP contribution in [0.1, 0.15) is 17.0 Å². The molecular weight excluding hydrogens is 314 g/mol. The Balaban J connectivity index is 1.73. The third kappa shape index (κ3) is 3.70. The fourth-order valence-electron chi connectivity index (χ4n) is 2.14. The van der Waals surface area contributed by atoms with E-state index in [-0.39, 0.29) is 0 Å². The van der Waals surface area contributed by atoms with Gasteiger partial charge in [-0.2, -0.15) is 0 Å². The first-order valence-corrected chi connectivity index (χ1v) is 8.40. The minimum absolute atomic E-state index is 0.761. The van der Waals surface area contributed by atoms with Crippen molar-refractivity contribution in [3.05, 3.63) is 76.6 Å². The summed E-state index contributed by atoms with van der Waals surface area (Å²) < 4.78 is 2.15. The minimum Gasteiger partial charge on any atom is -0.302 e. The average molecular weight is 330 g/mol. The summed E-state index contributed by atoms with van der Waals surface area (Å²) in [5.41, 5.74) is 2.47. The van der Waals surface area contributed by atoms with Crippen LogP contribution in [0.4, 0.5) is 0 Å². The Morgan fingerprint density at radius 2 is 1.68 bits per heavy atom. The third-order valence-electron chi connectivity index (χ3n) is 3.37. The maximum atomic E-state index is 5.91. The Kier molecular flexibility index (Phi) is 4.80. The van der Waals surface area contributed by atoms with E-state index in [2.05, 4.69) is 39.0 Å². The molecule has 0 bridgehead atoms. The molecule has 3 nitrogen and oxygen atoms in total. The predicted molar refractivity (Wildman–Crippen MR) is 91.3 cm³/mol. The highest BCUT2D eigenvalue weighted by atomic mass is 35.5. The van der Waals surface area contributed by atoms with Crippen LogP contribution in [-0.2, 0) is 12.3 Å². The van der Waals surface area contributed by atoms with Gasteiger partial charge in [-0.25, -0.2) is 0 Å². The van der Waals surface area contributed by atoms with Crippen molar-refractivity contribution < 1.29 is 0 Å². The number of aryl methyl sites for hydroxylation is 1. The standard InChI is InChI=1S/C17H16ClN3S/c1-13-19-20-17(21(13)11-14-5-3-2-4-6-14)22-12-15-7-9-16(18)10-8-15/h2-10H,11-12H2,1H3. The van der Waals surface area contributed by atoms with Crippen LogP contribution in [0.5, 0.6) is 0 Å². The zero-order valence-corrected chi connectivity index (χ0v) is 13.8. The van der Waals surface area contributed by atoms with Gasteiger partial charge in [0.15, 0.2) is 5.16 Å². The fourth-order valence-corrected chi connectivity index (χ4v) is 3.21. The number of halogens is 1. The number of aromatic nitrogens is 3. The molecule has 2 aromatic carbocycles. The Morgan fingerprint density at radius 1 is 0.955 bits per heavy atom. The number of nitrogens with zero attached hydrogens (tertiary/aromatic N) is 3. The summed E-state index contributed by atoms with van der Waals surface area (Å²) in [4.78, 5) is 0. The Hall–Kier alpha value is -1.78. The van der Waals surface area contributed by atoms with Gasteiger partial charge >= 0.3 is 0 Å². The molecule has 5 heteroatoms. The molecule has 0 fully saturated rings. The topological polar surface area (TPSA) is 30.7 Å². The van der Waals surface area contributed by atoms with E-state index >= 15 is 0 Å². The zero-order chi connectivity index (χ0) is 15.4. The summed E-state index contributed by atoms with van der Waals surface area (Å²) in [6.45, 7) is 2.78. The van der Waals surface area contributed by atoms with Crippen molar-refractivity contribution in [1.82, 2.24) is 14.8 Å².